The van der Waals surface area contributed by atoms with Crippen molar-refractivity contribution in [1.29, 1.82) is 0 Å². The van der Waals surface area contributed by atoms with Gasteiger partial charge in [-0.2, -0.15) is 0 Å². The Balaban J connectivity index is 2.50. The molecule has 0 aliphatic carbocycles. The minimum atomic E-state index is -0.933. The van der Waals surface area contributed by atoms with Crippen LogP contribution in [0.5, 0.6) is 0 Å². The molecule has 0 aliphatic rings. The molecule has 6 heteroatoms. The van der Waals surface area contributed by atoms with Crippen molar-refractivity contribution in [1.82, 2.24) is 4.98 Å². The van der Waals surface area contributed by atoms with Crippen LogP contribution >= 0.6 is 11.3 Å². The number of ether oxygens (including phenoxy) is 1. The van der Waals surface area contributed by atoms with Gasteiger partial charge in [0.25, 0.3) is 0 Å². The van der Waals surface area contributed by atoms with Crippen molar-refractivity contribution in [3.8, 4) is 0 Å². The first kappa shape index (κ1) is 11.9. The van der Waals surface area contributed by atoms with E-state index in [0.717, 1.165) is 0 Å². The van der Waals surface area contributed by atoms with Crippen LogP contribution in [0.25, 0.3) is 0 Å². The molecule has 1 aromatic rings. The molecule has 0 spiro atoms. The molecule has 15 heavy (non-hydrogen) atoms. The first-order valence-electron chi connectivity index (χ1n) is 4.63. The Hall–Kier alpha value is -1.14. The lowest BCUT2D eigenvalue weighted by Gasteiger charge is -2.14. The number of carboxylic acid groups (broad SMARTS) is 1. The number of rotatable bonds is 6. The second kappa shape index (κ2) is 5.67. The monoisotopic (exact) mass is 230 g/mol. The Morgan fingerprint density at radius 2 is 2.47 bits per heavy atom. The van der Waals surface area contributed by atoms with E-state index in [1.54, 1.807) is 0 Å². The minimum Gasteiger partial charge on any atom is -0.477 e. The third-order valence-electron chi connectivity index (χ3n) is 1.81. The van der Waals surface area contributed by atoms with Crippen LogP contribution in [-0.4, -0.2) is 42.9 Å². The quantitative estimate of drug-likeness (QED) is 0.747. The smallest absolute Gasteiger partial charge is 0.347 e. The van der Waals surface area contributed by atoms with Gasteiger partial charge in [0, 0.05) is 20.2 Å². The Labute approximate surface area is 92.3 Å². The van der Waals surface area contributed by atoms with Crippen LogP contribution in [0, 0.1) is 0 Å². The van der Waals surface area contributed by atoms with Crippen LogP contribution in [0.4, 0.5) is 5.13 Å². The van der Waals surface area contributed by atoms with E-state index in [2.05, 4.69) is 4.98 Å². The number of aromatic carboxylic acids is 1. The lowest BCUT2D eigenvalue weighted by Crippen LogP contribution is -2.22. The van der Waals surface area contributed by atoms with Crippen molar-refractivity contribution in [2.75, 3.05) is 31.7 Å². The molecule has 0 fully saturated rings. The number of thiazole rings is 1. The van der Waals surface area contributed by atoms with Gasteiger partial charge in [0.15, 0.2) is 5.13 Å². The zero-order valence-electron chi connectivity index (χ0n) is 8.77. The number of aromatic nitrogens is 1. The number of likely N-dealkylation sites (N-methyl/N-ethyl adjacent to an activating group) is 1. The second-order valence-corrected chi connectivity index (χ2v) is 3.94. The fourth-order valence-corrected chi connectivity index (χ4v) is 1.72. The predicted molar refractivity (Wildman–Crippen MR) is 58.8 cm³/mol. The Bertz CT molecular complexity index is 327. The van der Waals surface area contributed by atoms with Crippen molar-refractivity contribution in [2.24, 2.45) is 0 Å². The van der Waals surface area contributed by atoms with Gasteiger partial charge < -0.3 is 14.7 Å². The van der Waals surface area contributed by atoms with E-state index in [9.17, 15) is 4.79 Å². The summed E-state index contributed by atoms with van der Waals surface area (Å²) in [4.78, 5) is 16.8. The standard InChI is InChI=1S/C9H14N2O3S/c1-3-14-5-4-11(2)9-10-6-7(15-9)8(12)13/h6H,3-5H2,1-2H3,(H,12,13). The molecule has 0 atom stereocenters. The molecule has 0 saturated carbocycles. The Morgan fingerprint density at radius 1 is 1.73 bits per heavy atom. The van der Waals surface area contributed by atoms with E-state index in [-0.39, 0.29) is 4.88 Å². The first-order chi connectivity index (χ1) is 7.15. The molecule has 0 saturated heterocycles. The SMILES string of the molecule is CCOCCN(C)c1ncc(C(=O)O)s1. The molecule has 1 N–H and O–H groups in total. The van der Waals surface area contributed by atoms with E-state index in [4.69, 9.17) is 9.84 Å². The fourth-order valence-electron chi connectivity index (χ4n) is 0.982. The average molecular weight is 230 g/mol. The van der Waals surface area contributed by atoms with Gasteiger partial charge in [-0.1, -0.05) is 11.3 Å². The lowest BCUT2D eigenvalue weighted by atomic mass is 10.6. The minimum absolute atomic E-state index is 0.258. The summed E-state index contributed by atoms with van der Waals surface area (Å²) in [7, 11) is 1.86. The molecular formula is C9H14N2O3S. The highest BCUT2D eigenvalue weighted by atomic mass is 32.1. The second-order valence-electron chi connectivity index (χ2n) is 2.93. The van der Waals surface area contributed by atoms with Gasteiger partial charge in [-0.15, -0.1) is 0 Å². The number of hydrogen-bond donors (Lipinski definition) is 1. The maximum atomic E-state index is 10.6. The summed E-state index contributed by atoms with van der Waals surface area (Å²) in [5.74, 6) is -0.933. The summed E-state index contributed by atoms with van der Waals surface area (Å²) in [5, 5.41) is 9.42. The molecule has 0 unspecified atom stereocenters. The van der Waals surface area contributed by atoms with Crippen molar-refractivity contribution in [3.05, 3.63) is 11.1 Å². The number of nitrogens with zero attached hydrogens (tertiary/aromatic N) is 2. The van der Waals surface area contributed by atoms with Crippen LogP contribution in [0.2, 0.25) is 0 Å². The van der Waals surface area contributed by atoms with E-state index >= 15 is 0 Å². The van der Waals surface area contributed by atoms with Gasteiger partial charge in [-0.3, -0.25) is 0 Å². The third-order valence-corrected chi connectivity index (χ3v) is 2.91. The van der Waals surface area contributed by atoms with E-state index in [1.807, 2.05) is 18.9 Å². The van der Waals surface area contributed by atoms with Gasteiger partial charge in [-0.25, -0.2) is 9.78 Å². The topological polar surface area (TPSA) is 62.7 Å². The third kappa shape index (κ3) is 3.49. The number of hydrogen-bond acceptors (Lipinski definition) is 5. The van der Waals surface area contributed by atoms with Crippen LogP contribution < -0.4 is 4.90 Å². The first-order valence-corrected chi connectivity index (χ1v) is 5.44. The van der Waals surface area contributed by atoms with Gasteiger partial charge in [0.05, 0.1) is 12.8 Å². The zero-order chi connectivity index (χ0) is 11.3. The molecule has 0 aliphatic heterocycles. The van der Waals surface area contributed by atoms with Crippen LogP contribution in [0.3, 0.4) is 0 Å². The molecule has 1 heterocycles. The van der Waals surface area contributed by atoms with Gasteiger partial charge in [0.2, 0.25) is 0 Å². The summed E-state index contributed by atoms with van der Waals surface area (Å²) in [6.07, 6.45) is 1.37. The van der Waals surface area contributed by atoms with Crippen molar-refractivity contribution < 1.29 is 14.6 Å². The molecule has 1 rings (SSSR count). The number of anilines is 1. The lowest BCUT2D eigenvalue weighted by molar-refractivity contribution is 0.0702. The molecule has 5 nitrogen and oxygen atoms in total. The summed E-state index contributed by atoms with van der Waals surface area (Å²) in [5.41, 5.74) is 0. The molecule has 0 radical (unpaired) electrons. The fraction of sp³-hybridized carbons (Fsp3) is 0.556. The van der Waals surface area contributed by atoms with Crippen molar-refractivity contribution in [3.63, 3.8) is 0 Å². The van der Waals surface area contributed by atoms with E-state index in [0.29, 0.717) is 24.9 Å². The molecule has 0 aromatic carbocycles. The van der Waals surface area contributed by atoms with Crippen molar-refractivity contribution >= 4 is 22.4 Å². The zero-order valence-corrected chi connectivity index (χ0v) is 9.58. The largest absolute Gasteiger partial charge is 0.477 e. The van der Waals surface area contributed by atoms with Gasteiger partial charge >= 0.3 is 5.97 Å². The maximum Gasteiger partial charge on any atom is 0.347 e. The summed E-state index contributed by atoms with van der Waals surface area (Å²) >= 11 is 1.17. The molecule has 0 amide bonds. The van der Waals surface area contributed by atoms with Crippen LogP contribution in [0.1, 0.15) is 16.6 Å². The normalized spacial score (nSPS) is 10.3. The van der Waals surface area contributed by atoms with E-state index in [1.165, 1.54) is 17.5 Å². The van der Waals surface area contributed by atoms with Gasteiger partial charge in [0.1, 0.15) is 4.88 Å². The highest BCUT2D eigenvalue weighted by Crippen LogP contribution is 2.20. The van der Waals surface area contributed by atoms with Crippen molar-refractivity contribution in [2.45, 2.75) is 6.92 Å². The Kier molecular flexibility index (Phi) is 4.51. The van der Waals surface area contributed by atoms with Crippen LogP contribution in [0.15, 0.2) is 6.20 Å². The number of carbonyl (C=O) groups is 1. The van der Waals surface area contributed by atoms with Gasteiger partial charge in [-0.05, 0) is 6.92 Å². The van der Waals surface area contributed by atoms with E-state index < -0.39 is 5.97 Å². The molecule has 1 aromatic heterocycles. The summed E-state index contributed by atoms with van der Waals surface area (Å²) in [6, 6.07) is 0. The highest BCUT2D eigenvalue weighted by molar-refractivity contribution is 7.17. The van der Waals surface area contributed by atoms with Crippen LogP contribution in [-0.2, 0) is 4.74 Å². The molecular weight excluding hydrogens is 216 g/mol. The average Bonchev–Trinajstić information content (AvgIpc) is 2.66. The predicted octanol–water partition coefficient (Wildman–Crippen LogP) is 1.31. The molecule has 0 bridgehead atoms. The number of carboxylic acids is 1. The highest BCUT2D eigenvalue weighted by Gasteiger charge is 2.11. The Morgan fingerprint density at radius 3 is 3.00 bits per heavy atom. The maximum absolute atomic E-state index is 10.6. The molecule has 84 valence electrons. The summed E-state index contributed by atoms with van der Waals surface area (Å²) in [6.45, 7) is 3.95. The summed E-state index contributed by atoms with van der Waals surface area (Å²) < 4.78 is 5.20.